The summed E-state index contributed by atoms with van der Waals surface area (Å²) in [6, 6.07) is 10.3. The van der Waals surface area contributed by atoms with Crippen LogP contribution in [0.15, 0.2) is 30.3 Å². The Kier molecular flexibility index (Phi) is 4.05. The fourth-order valence-electron chi connectivity index (χ4n) is 2.06. The number of hydrogen-bond donors (Lipinski definition) is 2. The Labute approximate surface area is 132 Å². The normalized spacial score (nSPS) is 14.1. The fraction of sp³-hybridized carbons (Fsp3) is 0.333. The summed E-state index contributed by atoms with van der Waals surface area (Å²) >= 11 is 2.33. The van der Waals surface area contributed by atoms with Crippen LogP contribution in [-0.2, 0) is 0 Å². The number of nitrogens with one attached hydrogen (secondary N) is 2. The minimum Gasteiger partial charge on any atom is -0.354 e. The van der Waals surface area contributed by atoms with Crippen molar-refractivity contribution in [2.45, 2.75) is 25.7 Å². The van der Waals surface area contributed by atoms with Gasteiger partial charge in [0.05, 0.1) is 11.4 Å². The predicted octanol–water partition coefficient (Wildman–Crippen LogP) is 4.13. The lowest BCUT2D eigenvalue weighted by Crippen LogP contribution is -2.06. The van der Waals surface area contributed by atoms with Crippen molar-refractivity contribution in [3.05, 3.63) is 39.6 Å². The minimum absolute atomic E-state index is 0.616. The van der Waals surface area contributed by atoms with E-state index in [1.165, 1.54) is 16.4 Å². The highest BCUT2D eigenvalue weighted by molar-refractivity contribution is 14.1. The van der Waals surface area contributed by atoms with Crippen LogP contribution < -0.4 is 10.6 Å². The standard InChI is InChI=1S/C15H17IN4/c1-2-17-15-19-13(10-7-8-10)9-14(20-15)18-12-6-4-3-5-11(12)16/h3-6,9-10H,2,7-8H2,1H3,(H2,17,18,19,20). The molecule has 3 rings (SSSR count). The van der Waals surface area contributed by atoms with Crippen LogP contribution in [0, 0.1) is 3.57 Å². The summed E-state index contributed by atoms with van der Waals surface area (Å²) in [4.78, 5) is 9.12. The number of hydrogen-bond acceptors (Lipinski definition) is 4. The van der Waals surface area contributed by atoms with E-state index in [0.717, 1.165) is 23.7 Å². The second kappa shape index (κ2) is 5.95. The molecule has 4 nitrogen and oxygen atoms in total. The molecule has 1 heterocycles. The number of benzene rings is 1. The van der Waals surface area contributed by atoms with Gasteiger partial charge in [-0.05, 0) is 54.5 Å². The Morgan fingerprint density at radius 2 is 2.05 bits per heavy atom. The molecule has 0 atom stereocenters. The first kappa shape index (κ1) is 13.6. The van der Waals surface area contributed by atoms with Crippen molar-refractivity contribution in [3.8, 4) is 0 Å². The Hall–Kier alpha value is -1.37. The molecule has 0 amide bonds. The topological polar surface area (TPSA) is 49.8 Å². The van der Waals surface area contributed by atoms with E-state index in [9.17, 15) is 0 Å². The van der Waals surface area contributed by atoms with E-state index in [2.05, 4.69) is 68.3 Å². The summed E-state index contributed by atoms with van der Waals surface area (Å²) in [6.45, 7) is 2.89. The largest absolute Gasteiger partial charge is 0.354 e. The fourth-order valence-corrected chi connectivity index (χ4v) is 2.58. The molecule has 1 aromatic carbocycles. The Morgan fingerprint density at radius 1 is 1.25 bits per heavy atom. The molecule has 20 heavy (non-hydrogen) atoms. The predicted molar refractivity (Wildman–Crippen MR) is 90.6 cm³/mol. The van der Waals surface area contributed by atoms with Gasteiger partial charge in [0.15, 0.2) is 0 Å². The Bertz CT molecular complexity index is 611. The second-order valence-corrected chi connectivity index (χ2v) is 6.07. The van der Waals surface area contributed by atoms with Crippen LogP contribution in [0.1, 0.15) is 31.4 Å². The number of rotatable bonds is 5. The molecule has 2 aromatic rings. The van der Waals surface area contributed by atoms with Gasteiger partial charge >= 0.3 is 0 Å². The van der Waals surface area contributed by atoms with Gasteiger partial charge in [0, 0.05) is 22.1 Å². The van der Waals surface area contributed by atoms with E-state index in [0.29, 0.717) is 11.9 Å². The zero-order chi connectivity index (χ0) is 13.9. The molecule has 1 fully saturated rings. The summed E-state index contributed by atoms with van der Waals surface area (Å²) in [6.07, 6.45) is 2.48. The van der Waals surface area contributed by atoms with Crippen LogP contribution in [0.4, 0.5) is 17.5 Å². The molecule has 0 aliphatic heterocycles. The summed E-state index contributed by atoms with van der Waals surface area (Å²) in [7, 11) is 0. The maximum Gasteiger partial charge on any atom is 0.224 e. The number of anilines is 3. The third-order valence-corrected chi connectivity index (χ3v) is 4.15. The zero-order valence-electron chi connectivity index (χ0n) is 11.4. The van der Waals surface area contributed by atoms with Crippen LogP contribution in [0.25, 0.3) is 0 Å². The highest BCUT2D eigenvalue weighted by Gasteiger charge is 2.26. The lowest BCUT2D eigenvalue weighted by Gasteiger charge is -2.11. The summed E-state index contributed by atoms with van der Waals surface area (Å²) in [5.41, 5.74) is 2.22. The van der Waals surface area contributed by atoms with Gasteiger partial charge in [0.25, 0.3) is 0 Å². The third kappa shape index (κ3) is 3.20. The van der Waals surface area contributed by atoms with E-state index in [4.69, 9.17) is 0 Å². The van der Waals surface area contributed by atoms with Crippen LogP contribution in [0.2, 0.25) is 0 Å². The van der Waals surface area contributed by atoms with Gasteiger partial charge in [-0.25, -0.2) is 4.98 Å². The van der Waals surface area contributed by atoms with Crippen LogP contribution in [0.5, 0.6) is 0 Å². The number of halogens is 1. The lowest BCUT2D eigenvalue weighted by atomic mass is 10.2. The first-order chi connectivity index (χ1) is 9.76. The summed E-state index contributed by atoms with van der Waals surface area (Å²) in [5, 5.41) is 6.60. The van der Waals surface area contributed by atoms with Crippen molar-refractivity contribution in [1.82, 2.24) is 9.97 Å². The molecular weight excluding hydrogens is 363 g/mol. The van der Waals surface area contributed by atoms with Gasteiger partial charge in [-0.1, -0.05) is 12.1 Å². The second-order valence-electron chi connectivity index (χ2n) is 4.91. The molecule has 1 aliphatic carbocycles. The summed E-state index contributed by atoms with van der Waals surface area (Å²) in [5.74, 6) is 2.19. The molecule has 1 aromatic heterocycles. The van der Waals surface area contributed by atoms with Gasteiger partial charge in [0.1, 0.15) is 5.82 Å². The van der Waals surface area contributed by atoms with E-state index in [-0.39, 0.29) is 0 Å². The maximum absolute atomic E-state index is 4.59. The average molecular weight is 380 g/mol. The van der Waals surface area contributed by atoms with E-state index in [1.54, 1.807) is 0 Å². The highest BCUT2D eigenvalue weighted by atomic mass is 127. The molecule has 1 saturated carbocycles. The first-order valence-corrected chi connectivity index (χ1v) is 7.98. The van der Waals surface area contributed by atoms with Crippen molar-refractivity contribution in [2.24, 2.45) is 0 Å². The van der Waals surface area contributed by atoms with Crippen molar-refractivity contribution in [3.63, 3.8) is 0 Å². The van der Waals surface area contributed by atoms with Crippen molar-refractivity contribution < 1.29 is 0 Å². The number of nitrogens with zero attached hydrogens (tertiary/aromatic N) is 2. The van der Waals surface area contributed by atoms with Crippen molar-refractivity contribution in [1.29, 1.82) is 0 Å². The van der Waals surface area contributed by atoms with Crippen LogP contribution >= 0.6 is 22.6 Å². The SMILES string of the molecule is CCNc1nc(Nc2ccccc2I)cc(C2CC2)n1. The molecule has 0 radical (unpaired) electrons. The zero-order valence-corrected chi connectivity index (χ0v) is 13.5. The van der Waals surface area contributed by atoms with Gasteiger partial charge in [0.2, 0.25) is 5.95 Å². The first-order valence-electron chi connectivity index (χ1n) is 6.90. The van der Waals surface area contributed by atoms with Gasteiger partial charge in [-0.2, -0.15) is 4.98 Å². The van der Waals surface area contributed by atoms with Crippen molar-refractivity contribution >= 4 is 40.0 Å². The molecule has 5 heteroatoms. The summed E-state index contributed by atoms with van der Waals surface area (Å²) < 4.78 is 1.18. The van der Waals surface area contributed by atoms with Gasteiger partial charge in [-0.15, -0.1) is 0 Å². The monoisotopic (exact) mass is 380 g/mol. The van der Waals surface area contributed by atoms with Crippen molar-refractivity contribution in [2.75, 3.05) is 17.2 Å². The molecule has 0 bridgehead atoms. The van der Waals surface area contributed by atoms with Crippen LogP contribution in [-0.4, -0.2) is 16.5 Å². The van der Waals surface area contributed by atoms with E-state index < -0.39 is 0 Å². The molecule has 0 saturated heterocycles. The Balaban J connectivity index is 1.89. The minimum atomic E-state index is 0.616. The molecule has 0 spiro atoms. The number of aromatic nitrogens is 2. The smallest absolute Gasteiger partial charge is 0.224 e. The van der Waals surface area contributed by atoms with Gasteiger partial charge in [-0.3, -0.25) is 0 Å². The average Bonchev–Trinajstić information content (AvgIpc) is 3.26. The highest BCUT2D eigenvalue weighted by Crippen LogP contribution is 2.40. The molecule has 1 aliphatic rings. The maximum atomic E-state index is 4.59. The quantitative estimate of drug-likeness (QED) is 0.766. The third-order valence-electron chi connectivity index (χ3n) is 3.21. The Morgan fingerprint density at radius 3 is 2.75 bits per heavy atom. The lowest BCUT2D eigenvalue weighted by molar-refractivity contribution is 0.977. The molecule has 104 valence electrons. The molecular formula is C15H17IN4. The van der Waals surface area contributed by atoms with E-state index >= 15 is 0 Å². The van der Waals surface area contributed by atoms with Crippen LogP contribution in [0.3, 0.4) is 0 Å². The molecule has 2 N–H and O–H groups in total. The molecule has 0 unspecified atom stereocenters. The number of para-hydroxylation sites is 1. The van der Waals surface area contributed by atoms with Gasteiger partial charge < -0.3 is 10.6 Å². The van der Waals surface area contributed by atoms with E-state index in [1.807, 2.05) is 12.1 Å².